The molecule has 0 aliphatic carbocycles. The van der Waals surface area contributed by atoms with Gasteiger partial charge in [-0.2, -0.15) is 0 Å². The number of carbonyl (C=O) groups excluding carboxylic acids is 2. The van der Waals surface area contributed by atoms with Crippen LogP contribution in [-0.4, -0.2) is 89.2 Å². The second-order valence-electron chi connectivity index (χ2n) is 8.88. The van der Waals surface area contributed by atoms with Gasteiger partial charge >= 0.3 is 12.1 Å². The van der Waals surface area contributed by atoms with Gasteiger partial charge in [-0.3, -0.25) is 14.5 Å². The van der Waals surface area contributed by atoms with Crippen molar-refractivity contribution in [3.8, 4) is 0 Å². The molecular formula is C26H31N3O5. The lowest BCUT2D eigenvalue weighted by molar-refractivity contribution is -0.144. The topological polar surface area (TPSA) is 90.4 Å². The van der Waals surface area contributed by atoms with Gasteiger partial charge in [0.05, 0.1) is 6.42 Å². The molecule has 2 amide bonds. The average molecular weight is 466 g/mol. The molecule has 8 nitrogen and oxygen atoms in total. The summed E-state index contributed by atoms with van der Waals surface area (Å²) in [5, 5.41) is 9.89. The first-order valence-electron chi connectivity index (χ1n) is 11.7. The minimum atomic E-state index is -0.942. The van der Waals surface area contributed by atoms with Crippen LogP contribution in [0, 0.1) is 0 Å². The molecule has 0 spiro atoms. The molecule has 2 aliphatic rings. The molecule has 2 saturated heterocycles. The van der Waals surface area contributed by atoms with Gasteiger partial charge in [-0.1, -0.05) is 60.7 Å². The lowest BCUT2D eigenvalue weighted by Crippen LogP contribution is -2.68. The molecule has 4 rings (SSSR count). The van der Waals surface area contributed by atoms with E-state index in [0.717, 1.165) is 11.1 Å². The number of esters is 1. The Labute approximate surface area is 199 Å². The van der Waals surface area contributed by atoms with Crippen LogP contribution in [0.2, 0.25) is 0 Å². The maximum atomic E-state index is 12.7. The summed E-state index contributed by atoms with van der Waals surface area (Å²) in [7, 11) is 0. The summed E-state index contributed by atoms with van der Waals surface area (Å²) in [5.41, 5.74) is 2.29. The predicted molar refractivity (Wildman–Crippen MR) is 126 cm³/mol. The van der Waals surface area contributed by atoms with Crippen LogP contribution in [0.4, 0.5) is 4.79 Å². The highest BCUT2D eigenvalue weighted by molar-refractivity contribution is 5.77. The normalized spacial score (nSPS) is 20.6. The molecule has 2 aromatic rings. The Morgan fingerprint density at radius 3 is 2.06 bits per heavy atom. The van der Waals surface area contributed by atoms with Crippen LogP contribution in [0.5, 0.6) is 0 Å². The molecule has 0 aromatic heterocycles. The standard InChI is InChI=1S/C26H31N3O5/c1-19(30)34-15-12-24(31)27-13-14-29-22(16-27)17-28(26(32)33)18-23(29)25(20-8-4-2-5-9-20)21-10-6-3-7-11-21/h2-11,22-23,25H,12-18H2,1H3,(H,32,33)/t22-,23-/m0/s1. The molecule has 1 N–H and O–H groups in total. The molecule has 0 bridgehead atoms. The van der Waals surface area contributed by atoms with Crippen molar-refractivity contribution in [2.24, 2.45) is 0 Å². The van der Waals surface area contributed by atoms with Crippen LogP contribution in [0.3, 0.4) is 0 Å². The van der Waals surface area contributed by atoms with Crippen molar-refractivity contribution in [3.05, 3.63) is 71.8 Å². The molecule has 8 heteroatoms. The summed E-state index contributed by atoms with van der Waals surface area (Å²) < 4.78 is 4.92. The molecule has 0 saturated carbocycles. The van der Waals surface area contributed by atoms with Crippen LogP contribution in [0.1, 0.15) is 30.4 Å². The molecule has 2 aliphatic heterocycles. The maximum Gasteiger partial charge on any atom is 0.407 e. The van der Waals surface area contributed by atoms with Gasteiger partial charge in [-0.15, -0.1) is 0 Å². The smallest absolute Gasteiger partial charge is 0.407 e. The summed E-state index contributed by atoms with van der Waals surface area (Å²) in [4.78, 5) is 41.4. The lowest BCUT2D eigenvalue weighted by Gasteiger charge is -2.53. The number of fused-ring (bicyclic) bond motifs is 1. The monoisotopic (exact) mass is 465 g/mol. The molecule has 0 radical (unpaired) electrons. The number of amides is 2. The van der Waals surface area contributed by atoms with E-state index in [1.807, 2.05) is 36.4 Å². The fourth-order valence-corrected chi connectivity index (χ4v) is 5.21. The second-order valence-corrected chi connectivity index (χ2v) is 8.88. The Hall–Kier alpha value is -3.39. The van der Waals surface area contributed by atoms with Crippen molar-refractivity contribution in [3.63, 3.8) is 0 Å². The minimum absolute atomic E-state index is 0.00160. The van der Waals surface area contributed by atoms with E-state index in [-0.39, 0.29) is 36.9 Å². The van der Waals surface area contributed by atoms with E-state index in [9.17, 15) is 19.5 Å². The van der Waals surface area contributed by atoms with E-state index in [2.05, 4.69) is 29.2 Å². The van der Waals surface area contributed by atoms with E-state index in [4.69, 9.17) is 4.74 Å². The van der Waals surface area contributed by atoms with Crippen molar-refractivity contribution in [1.82, 2.24) is 14.7 Å². The molecular weight excluding hydrogens is 434 g/mol. The zero-order valence-electron chi connectivity index (χ0n) is 19.4. The van der Waals surface area contributed by atoms with E-state index >= 15 is 0 Å². The van der Waals surface area contributed by atoms with Crippen molar-refractivity contribution < 1.29 is 24.2 Å². The SMILES string of the molecule is CC(=O)OCCC(=O)N1CCN2[C@H](CN(C(=O)O)C[C@H]2C(c2ccccc2)c2ccccc2)C1. The minimum Gasteiger partial charge on any atom is -0.465 e. The van der Waals surface area contributed by atoms with Gasteiger partial charge in [0.1, 0.15) is 6.61 Å². The van der Waals surface area contributed by atoms with Gasteiger partial charge in [0.25, 0.3) is 0 Å². The highest BCUT2D eigenvalue weighted by Crippen LogP contribution is 2.35. The largest absolute Gasteiger partial charge is 0.465 e. The van der Waals surface area contributed by atoms with E-state index in [1.54, 1.807) is 4.90 Å². The molecule has 2 atom stereocenters. The summed E-state index contributed by atoms with van der Waals surface area (Å²) >= 11 is 0. The van der Waals surface area contributed by atoms with Gasteiger partial charge in [0.2, 0.25) is 5.91 Å². The number of nitrogens with zero attached hydrogens (tertiary/aromatic N) is 3. The lowest BCUT2D eigenvalue weighted by atomic mass is 9.82. The number of hydrogen-bond acceptors (Lipinski definition) is 5. The Morgan fingerprint density at radius 2 is 1.50 bits per heavy atom. The number of carboxylic acid groups (broad SMARTS) is 1. The third-order valence-electron chi connectivity index (χ3n) is 6.74. The third kappa shape index (κ3) is 5.39. The van der Waals surface area contributed by atoms with Gasteiger partial charge in [-0.05, 0) is 11.1 Å². The molecule has 34 heavy (non-hydrogen) atoms. The summed E-state index contributed by atoms with van der Waals surface area (Å²) in [5.74, 6) is -0.483. The quantitative estimate of drug-likeness (QED) is 0.660. The molecule has 180 valence electrons. The fourth-order valence-electron chi connectivity index (χ4n) is 5.21. The van der Waals surface area contributed by atoms with Crippen LogP contribution in [0.25, 0.3) is 0 Å². The van der Waals surface area contributed by atoms with Crippen LogP contribution in [-0.2, 0) is 14.3 Å². The van der Waals surface area contributed by atoms with Crippen molar-refractivity contribution in [1.29, 1.82) is 0 Å². The van der Waals surface area contributed by atoms with Crippen LogP contribution in [0.15, 0.2) is 60.7 Å². The zero-order valence-corrected chi connectivity index (χ0v) is 19.4. The van der Waals surface area contributed by atoms with Gasteiger partial charge in [0.15, 0.2) is 0 Å². The third-order valence-corrected chi connectivity index (χ3v) is 6.74. The van der Waals surface area contributed by atoms with Crippen molar-refractivity contribution in [2.75, 3.05) is 39.3 Å². The molecule has 2 heterocycles. The number of hydrogen-bond donors (Lipinski definition) is 1. The first-order valence-corrected chi connectivity index (χ1v) is 11.7. The zero-order chi connectivity index (χ0) is 24.1. The highest BCUT2D eigenvalue weighted by atomic mass is 16.5. The first-order chi connectivity index (χ1) is 16.4. The predicted octanol–water partition coefficient (Wildman–Crippen LogP) is 2.65. The Kier molecular flexibility index (Phi) is 7.47. The number of carbonyl (C=O) groups is 3. The Bertz CT molecular complexity index is 961. The number of ether oxygens (including phenoxy) is 1. The first kappa shape index (κ1) is 23.8. The Balaban J connectivity index is 1.59. The molecule has 2 aromatic carbocycles. The molecule has 2 fully saturated rings. The Morgan fingerprint density at radius 1 is 0.912 bits per heavy atom. The van der Waals surface area contributed by atoms with E-state index in [0.29, 0.717) is 32.7 Å². The average Bonchev–Trinajstić information content (AvgIpc) is 2.84. The van der Waals surface area contributed by atoms with E-state index < -0.39 is 12.1 Å². The number of rotatable bonds is 6. The summed E-state index contributed by atoms with van der Waals surface area (Å²) in [6.07, 6.45) is -0.808. The van der Waals surface area contributed by atoms with Crippen LogP contribution >= 0.6 is 0 Å². The molecule has 0 unspecified atom stereocenters. The number of piperazine rings is 2. The number of benzene rings is 2. The summed E-state index contributed by atoms with van der Waals surface area (Å²) in [6.45, 7) is 3.83. The fraction of sp³-hybridized carbons (Fsp3) is 0.423. The van der Waals surface area contributed by atoms with Crippen LogP contribution < -0.4 is 0 Å². The van der Waals surface area contributed by atoms with Crippen molar-refractivity contribution >= 4 is 18.0 Å². The van der Waals surface area contributed by atoms with Gasteiger partial charge in [0, 0.05) is 57.6 Å². The van der Waals surface area contributed by atoms with E-state index in [1.165, 1.54) is 11.8 Å². The van der Waals surface area contributed by atoms with Gasteiger partial charge < -0.3 is 19.6 Å². The van der Waals surface area contributed by atoms with Crippen molar-refractivity contribution in [2.45, 2.75) is 31.3 Å². The summed E-state index contributed by atoms with van der Waals surface area (Å²) in [6, 6.07) is 20.3. The maximum absolute atomic E-state index is 12.7. The van der Waals surface area contributed by atoms with Gasteiger partial charge in [-0.25, -0.2) is 4.79 Å². The highest BCUT2D eigenvalue weighted by Gasteiger charge is 2.44. The second kappa shape index (κ2) is 10.7.